The van der Waals surface area contributed by atoms with E-state index in [0.717, 1.165) is 4.57 Å². The van der Waals surface area contributed by atoms with E-state index in [1.807, 2.05) is 0 Å². The second-order valence-corrected chi connectivity index (χ2v) is 3.53. The van der Waals surface area contributed by atoms with E-state index in [1.165, 1.54) is 13.8 Å². The second kappa shape index (κ2) is 4.28. The zero-order chi connectivity index (χ0) is 18.7. The van der Waals surface area contributed by atoms with Crippen molar-refractivity contribution in [3.8, 4) is 0 Å². The molecule has 1 saturated heterocycles. The number of imidazole rings is 1. The van der Waals surface area contributed by atoms with Crippen molar-refractivity contribution in [2.24, 2.45) is 18.8 Å². The number of carbonyl (C=O) groups excluding carboxylic acids is 1. The maximum atomic E-state index is 12.0. The summed E-state index contributed by atoms with van der Waals surface area (Å²) in [6.07, 6.45) is -1.28. The molecule has 2 heterocycles. The van der Waals surface area contributed by atoms with Crippen LogP contribution in [-0.2, 0) is 22.9 Å². The Kier molecular flexibility index (Phi) is 1.31. The van der Waals surface area contributed by atoms with Gasteiger partial charge in [0.05, 0.1) is 16.6 Å². The molecular weight excluding hydrogens is 204 g/mol. The maximum Gasteiger partial charge on any atom is 0.309 e. The highest BCUT2D eigenvalue weighted by molar-refractivity contribution is 5.74. The first-order chi connectivity index (χ1) is 10.7. The fraction of sp³-hybridized carbons (Fsp3) is 0.667. The Hall–Kier alpha value is -1.32. The number of hydrogen-bond donors (Lipinski definition) is 0. The van der Waals surface area contributed by atoms with Crippen molar-refractivity contribution in [3.63, 3.8) is 0 Å². The van der Waals surface area contributed by atoms with Crippen LogP contribution in [0.2, 0.25) is 0 Å². The van der Waals surface area contributed by atoms with Gasteiger partial charge in [-0.25, -0.2) is 4.98 Å². The lowest BCUT2D eigenvalue weighted by molar-refractivity contribution is -0.141. The van der Waals surface area contributed by atoms with Gasteiger partial charge in [0.15, 0.2) is 0 Å². The van der Waals surface area contributed by atoms with Gasteiger partial charge in [-0.3, -0.25) is 4.79 Å². The summed E-state index contributed by atoms with van der Waals surface area (Å²) in [5.74, 6) is -5.80. The normalized spacial score (nSPS) is 45.2. The van der Waals surface area contributed by atoms with Crippen molar-refractivity contribution in [2.45, 2.75) is 26.7 Å². The van der Waals surface area contributed by atoms with Gasteiger partial charge in [-0.2, -0.15) is 0 Å². The van der Waals surface area contributed by atoms with E-state index in [9.17, 15) is 4.79 Å². The van der Waals surface area contributed by atoms with Crippen LogP contribution in [0.5, 0.6) is 0 Å². The molecule has 1 aromatic rings. The van der Waals surface area contributed by atoms with Crippen LogP contribution < -0.4 is 0 Å². The SMILES string of the molecule is [2H]c1nc(C)n(C([2H])([2H])[2H])c1C[C@@]1([2H])C([2H])([2H])OC(=O)[C@@]1([2H])CC. The minimum Gasteiger partial charge on any atom is -0.465 e. The monoisotopic (exact) mass is 230 g/mol. The van der Waals surface area contributed by atoms with Gasteiger partial charge < -0.3 is 9.30 Å². The molecule has 2 rings (SSSR count). The maximum absolute atomic E-state index is 12.0. The van der Waals surface area contributed by atoms with E-state index in [4.69, 9.17) is 11.0 Å². The van der Waals surface area contributed by atoms with E-state index in [1.54, 1.807) is 0 Å². The van der Waals surface area contributed by atoms with Crippen molar-refractivity contribution in [1.29, 1.82) is 0 Å². The summed E-state index contributed by atoms with van der Waals surface area (Å²) in [5, 5.41) is 0. The Labute approximate surface area is 107 Å². The van der Waals surface area contributed by atoms with Crippen LogP contribution >= 0.6 is 0 Å². The molecule has 0 bridgehead atoms. The molecule has 1 aliphatic rings. The van der Waals surface area contributed by atoms with Crippen molar-refractivity contribution in [3.05, 3.63) is 17.7 Å². The third-order valence-electron chi connectivity index (χ3n) is 2.52. The summed E-state index contributed by atoms with van der Waals surface area (Å²) in [7, 11) is 0. The minimum absolute atomic E-state index is 0.0106. The lowest BCUT2D eigenvalue weighted by atomic mass is 9.89. The number of aromatic nitrogens is 2. The Morgan fingerprint density at radius 2 is 2.75 bits per heavy atom. The molecule has 2 atom stereocenters. The zero-order valence-corrected chi connectivity index (χ0v) is 9.13. The molecule has 0 aromatic carbocycles. The average Bonchev–Trinajstić information content (AvgIpc) is 2.76. The van der Waals surface area contributed by atoms with Crippen LogP contribution in [-0.4, -0.2) is 22.1 Å². The average molecular weight is 230 g/mol. The molecule has 88 valence electrons. The third kappa shape index (κ3) is 1.84. The largest absolute Gasteiger partial charge is 0.465 e. The predicted octanol–water partition coefficient (Wildman–Crippen LogP) is 1.47. The molecule has 1 aromatic heterocycles. The number of aryl methyl sites for hydroxylation is 1. The summed E-state index contributed by atoms with van der Waals surface area (Å²) in [4.78, 5) is 15.7. The molecule has 0 aliphatic carbocycles. The Bertz CT molecular complexity index is 685. The standard InChI is InChI=1S/C12H18N2O2/c1-4-11-9(7-16-12(11)15)5-10-6-13-8(2)14(10)3/h6,9,11H,4-5,7H2,1-3H3/t9-,11-/m0/s1/i3D3,6D,7D2,9D,11D. The highest BCUT2D eigenvalue weighted by Crippen LogP contribution is 2.28. The van der Waals surface area contributed by atoms with Crippen molar-refractivity contribution < 1.29 is 20.5 Å². The van der Waals surface area contributed by atoms with Gasteiger partial charge in [0, 0.05) is 31.6 Å². The number of carbonyl (C=O) groups is 1. The van der Waals surface area contributed by atoms with E-state index >= 15 is 0 Å². The molecule has 4 heteroatoms. The molecular formula is C12H18N2O2. The summed E-state index contributed by atoms with van der Waals surface area (Å²) in [6, 6.07) is 0. The lowest BCUT2D eigenvalue weighted by Gasteiger charge is -2.13. The topological polar surface area (TPSA) is 44.1 Å². The number of ether oxygens (including phenoxy) is 1. The molecule has 4 nitrogen and oxygen atoms in total. The van der Waals surface area contributed by atoms with Crippen LogP contribution in [0.1, 0.15) is 35.8 Å². The van der Waals surface area contributed by atoms with Crippen molar-refractivity contribution in [2.75, 3.05) is 6.56 Å². The predicted molar refractivity (Wildman–Crippen MR) is 59.9 cm³/mol. The van der Waals surface area contributed by atoms with Crippen LogP contribution in [0.25, 0.3) is 0 Å². The smallest absolute Gasteiger partial charge is 0.309 e. The summed E-state index contributed by atoms with van der Waals surface area (Å²) >= 11 is 0. The van der Waals surface area contributed by atoms with Crippen molar-refractivity contribution >= 4 is 5.97 Å². The fourth-order valence-electron chi connectivity index (χ4n) is 1.58. The molecule has 0 saturated carbocycles. The summed E-state index contributed by atoms with van der Waals surface area (Å²) in [6.45, 7) is -2.66. The van der Waals surface area contributed by atoms with E-state index in [-0.39, 0.29) is 17.9 Å². The molecule has 0 amide bonds. The fourth-order valence-corrected chi connectivity index (χ4v) is 1.58. The van der Waals surface area contributed by atoms with Gasteiger partial charge in [0.2, 0.25) is 0 Å². The van der Waals surface area contributed by atoms with Crippen molar-refractivity contribution in [1.82, 2.24) is 9.55 Å². The van der Waals surface area contributed by atoms with Gasteiger partial charge in [0.25, 0.3) is 0 Å². The van der Waals surface area contributed by atoms with Gasteiger partial charge in [-0.05, 0) is 19.8 Å². The number of cyclic esters (lactones) is 1. The van der Waals surface area contributed by atoms with Gasteiger partial charge >= 0.3 is 5.97 Å². The van der Waals surface area contributed by atoms with E-state index in [2.05, 4.69) is 9.72 Å². The van der Waals surface area contributed by atoms with Crippen LogP contribution in [0, 0.1) is 18.7 Å². The number of nitrogens with zero attached hydrogens (tertiary/aromatic N) is 2. The van der Waals surface area contributed by atoms with E-state index in [0.29, 0.717) is 0 Å². The number of hydrogen-bond acceptors (Lipinski definition) is 3. The Morgan fingerprint density at radius 3 is 3.44 bits per heavy atom. The quantitative estimate of drug-likeness (QED) is 0.739. The number of esters is 1. The number of rotatable bonds is 3. The van der Waals surface area contributed by atoms with Gasteiger partial charge in [-0.15, -0.1) is 0 Å². The third-order valence-corrected chi connectivity index (χ3v) is 2.52. The molecule has 16 heavy (non-hydrogen) atoms. The first-order valence-corrected chi connectivity index (χ1v) is 5.00. The molecule has 1 aliphatic heterocycles. The van der Waals surface area contributed by atoms with E-state index < -0.39 is 43.9 Å². The van der Waals surface area contributed by atoms with Gasteiger partial charge in [0.1, 0.15) is 5.82 Å². The highest BCUT2D eigenvalue weighted by Gasteiger charge is 2.35. The lowest BCUT2D eigenvalue weighted by Crippen LogP contribution is -2.18. The Morgan fingerprint density at radius 1 is 1.94 bits per heavy atom. The summed E-state index contributed by atoms with van der Waals surface area (Å²) in [5.41, 5.74) is -0.227. The second-order valence-electron chi connectivity index (χ2n) is 3.53. The first-order valence-electron chi connectivity index (χ1n) is 9.00. The zero-order valence-electron chi connectivity index (χ0n) is 17.1. The first kappa shape index (κ1) is 4.90. The molecule has 0 N–H and O–H groups in total. The molecule has 0 radical (unpaired) electrons. The van der Waals surface area contributed by atoms with Gasteiger partial charge in [-0.1, -0.05) is 6.92 Å². The molecule has 0 spiro atoms. The highest BCUT2D eigenvalue weighted by atomic mass is 16.5. The molecule has 0 unspecified atom stereocenters. The van der Waals surface area contributed by atoms with Crippen LogP contribution in [0.3, 0.4) is 0 Å². The minimum atomic E-state index is -2.80. The Balaban J connectivity index is 2.64. The van der Waals surface area contributed by atoms with Crippen LogP contribution in [0.15, 0.2) is 6.17 Å². The molecule has 1 fully saturated rings. The summed E-state index contributed by atoms with van der Waals surface area (Å²) < 4.78 is 68.4. The van der Waals surface area contributed by atoms with Crippen LogP contribution in [0.4, 0.5) is 0 Å².